The van der Waals surface area contributed by atoms with Crippen LogP contribution in [0.15, 0.2) is 0 Å². The maximum absolute atomic E-state index is 12.4. The summed E-state index contributed by atoms with van der Waals surface area (Å²) in [5, 5.41) is 3.14. The Bertz CT molecular complexity index is 347. The van der Waals surface area contributed by atoms with Crippen LogP contribution in [-0.4, -0.2) is 57.5 Å². The second-order valence-electron chi connectivity index (χ2n) is 5.11. The van der Waals surface area contributed by atoms with E-state index in [2.05, 4.69) is 10.0 Å². The summed E-state index contributed by atoms with van der Waals surface area (Å²) in [4.78, 5) is 0. The van der Waals surface area contributed by atoms with Crippen molar-refractivity contribution in [3.63, 3.8) is 0 Å². The Hall–Kier alpha value is 0.180. The van der Waals surface area contributed by atoms with Gasteiger partial charge in [0.25, 0.3) is 10.2 Å². The van der Waals surface area contributed by atoms with Gasteiger partial charge < -0.3 is 5.32 Å². The van der Waals surface area contributed by atoms with Gasteiger partial charge in [-0.25, -0.2) is 0 Å². The Labute approximate surface area is 122 Å². The van der Waals surface area contributed by atoms with Crippen LogP contribution in [0.2, 0.25) is 0 Å². The van der Waals surface area contributed by atoms with Crippen LogP contribution in [0.25, 0.3) is 0 Å². The SMILES string of the molecule is CCC(CSC)NS(=O)(=O)N1CCCC(CNC)C1. The van der Waals surface area contributed by atoms with Crippen LogP contribution < -0.4 is 10.0 Å². The molecule has 19 heavy (non-hydrogen) atoms. The molecule has 2 N–H and O–H groups in total. The van der Waals surface area contributed by atoms with Crippen molar-refractivity contribution < 1.29 is 8.42 Å². The molecule has 0 aliphatic carbocycles. The summed E-state index contributed by atoms with van der Waals surface area (Å²) >= 11 is 1.67. The predicted octanol–water partition coefficient (Wildman–Crippen LogP) is 0.894. The van der Waals surface area contributed by atoms with Gasteiger partial charge in [-0.3, -0.25) is 0 Å². The third kappa shape index (κ3) is 5.59. The molecule has 0 amide bonds. The molecule has 0 saturated carbocycles. The van der Waals surface area contributed by atoms with Crippen LogP contribution >= 0.6 is 11.8 Å². The fourth-order valence-electron chi connectivity index (χ4n) is 2.42. The lowest BCUT2D eigenvalue weighted by Gasteiger charge is -2.33. The summed E-state index contributed by atoms with van der Waals surface area (Å²) in [6.45, 7) is 4.18. The van der Waals surface area contributed by atoms with E-state index in [0.29, 0.717) is 19.0 Å². The van der Waals surface area contributed by atoms with E-state index in [-0.39, 0.29) is 6.04 Å². The van der Waals surface area contributed by atoms with Gasteiger partial charge in [0.05, 0.1) is 0 Å². The highest BCUT2D eigenvalue weighted by atomic mass is 32.2. The first-order valence-electron chi connectivity index (χ1n) is 6.94. The van der Waals surface area contributed by atoms with E-state index >= 15 is 0 Å². The number of hydrogen-bond acceptors (Lipinski definition) is 4. The Morgan fingerprint density at radius 2 is 2.21 bits per heavy atom. The lowest BCUT2D eigenvalue weighted by atomic mass is 10.00. The molecule has 5 nitrogen and oxygen atoms in total. The number of hydrogen-bond donors (Lipinski definition) is 2. The molecule has 2 atom stereocenters. The van der Waals surface area contributed by atoms with Crippen LogP contribution in [-0.2, 0) is 10.2 Å². The Kier molecular flexibility index (Phi) is 7.68. The molecule has 1 heterocycles. The molecule has 0 bridgehead atoms. The van der Waals surface area contributed by atoms with Crippen molar-refractivity contribution in [3.05, 3.63) is 0 Å². The summed E-state index contributed by atoms with van der Waals surface area (Å²) in [5.74, 6) is 1.25. The van der Waals surface area contributed by atoms with Crippen LogP contribution in [0, 0.1) is 5.92 Å². The molecule has 114 valence electrons. The minimum Gasteiger partial charge on any atom is -0.319 e. The van der Waals surface area contributed by atoms with E-state index in [4.69, 9.17) is 0 Å². The number of nitrogens with zero attached hydrogens (tertiary/aromatic N) is 1. The standard InChI is InChI=1S/C12H27N3O2S2/c1-4-12(10-18-3)14-19(16,17)15-7-5-6-11(9-15)8-13-2/h11-14H,4-10H2,1-3H3. The van der Waals surface area contributed by atoms with Gasteiger partial charge in [0, 0.05) is 24.9 Å². The second kappa shape index (κ2) is 8.46. The van der Waals surface area contributed by atoms with Gasteiger partial charge in [-0.1, -0.05) is 6.92 Å². The summed E-state index contributed by atoms with van der Waals surface area (Å²) in [5.41, 5.74) is 0. The van der Waals surface area contributed by atoms with Crippen molar-refractivity contribution in [1.82, 2.24) is 14.3 Å². The molecule has 1 fully saturated rings. The fraction of sp³-hybridized carbons (Fsp3) is 1.00. The van der Waals surface area contributed by atoms with Gasteiger partial charge in [0.2, 0.25) is 0 Å². The van der Waals surface area contributed by atoms with Gasteiger partial charge in [-0.05, 0) is 45.0 Å². The largest absolute Gasteiger partial charge is 0.319 e. The van der Waals surface area contributed by atoms with Crippen molar-refractivity contribution in [1.29, 1.82) is 0 Å². The third-order valence-electron chi connectivity index (χ3n) is 3.49. The van der Waals surface area contributed by atoms with Crippen molar-refractivity contribution in [2.75, 3.05) is 38.7 Å². The highest BCUT2D eigenvalue weighted by molar-refractivity contribution is 7.98. The molecule has 1 aliphatic heterocycles. The number of thioether (sulfide) groups is 1. The van der Waals surface area contributed by atoms with Crippen molar-refractivity contribution in [3.8, 4) is 0 Å². The minimum absolute atomic E-state index is 0.0321. The number of piperidine rings is 1. The molecule has 7 heteroatoms. The zero-order valence-corrected chi connectivity index (χ0v) is 13.8. The first-order valence-corrected chi connectivity index (χ1v) is 9.77. The van der Waals surface area contributed by atoms with E-state index < -0.39 is 10.2 Å². The van der Waals surface area contributed by atoms with Gasteiger partial charge in [0.1, 0.15) is 0 Å². The van der Waals surface area contributed by atoms with Gasteiger partial charge in [0.15, 0.2) is 0 Å². The van der Waals surface area contributed by atoms with Crippen molar-refractivity contribution in [2.45, 2.75) is 32.2 Å². The van der Waals surface area contributed by atoms with E-state index in [9.17, 15) is 8.42 Å². The van der Waals surface area contributed by atoms with E-state index in [1.54, 1.807) is 16.1 Å². The van der Waals surface area contributed by atoms with Gasteiger partial charge in [-0.15, -0.1) is 0 Å². The molecule has 1 rings (SSSR count). The highest BCUT2D eigenvalue weighted by Gasteiger charge is 2.29. The van der Waals surface area contributed by atoms with E-state index in [1.165, 1.54) is 0 Å². The van der Waals surface area contributed by atoms with Crippen molar-refractivity contribution in [2.24, 2.45) is 5.92 Å². The lowest BCUT2D eigenvalue weighted by Crippen LogP contribution is -2.50. The minimum atomic E-state index is -3.33. The zero-order valence-electron chi connectivity index (χ0n) is 12.2. The smallest absolute Gasteiger partial charge is 0.279 e. The third-order valence-corrected chi connectivity index (χ3v) is 5.87. The molecule has 0 spiro atoms. The monoisotopic (exact) mass is 309 g/mol. The Morgan fingerprint density at radius 3 is 2.79 bits per heavy atom. The van der Waals surface area contributed by atoms with Crippen LogP contribution in [0.1, 0.15) is 26.2 Å². The van der Waals surface area contributed by atoms with E-state index in [0.717, 1.165) is 31.6 Å². The normalized spacial score (nSPS) is 23.4. The summed E-state index contributed by atoms with van der Waals surface area (Å²) in [6, 6.07) is 0.0321. The molecular formula is C12H27N3O2S2. The number of rotatable bonds is 8. The Morgan fingerprint density at radius 1 is 1.47 bits per heavy atom. The molecule has 0 radical (unpaired) electrons. The predicted molar refractivity (Wildman–Crippen MR) is 82.7 cm³/mol. The fourth-order valence-corrected chi connectivity index (χ4v) is 4.85. The van der Waals surface area contributed by atoms with Crippen LogP contribution in [0.4, 0.5) is 0 Å². The maximum atomic E-state index is 12.4. The first-order chi connectivity index (χ1) is 9.03. The molecule has 1 aliphatic rings. The van der Waals surface area contributed by atoms with Crippen LogP contribution in [0.3, 0.4) is 0 Å². The van der Waals surface area contributed by atoms with Gasteiger partial charge >= 0.3 is 0 Å². The second-order valence-corrected chi connectivity index (χ2v) is 7.72. The topological polar surface area (TPSA) is 61.4 Å². The average molecular weight is 310 g/mol. The average Bonchev–Trinajstić information content (AvgIpc) is 2.39. The van der Waals surface area contributed by atoms with Crippen molar-refractivity contribution >= 4 is 22.0 Å². The molecule has 0 aromatic carbocycles. The molecule has 0 aromatic rings. The molecular weight excluding hydrogens is 282 g/mol. The van der Waals surface area contributed by atoms with E-state index in [1.807, 2.05) is 20.2 Å². The molecule has 0 aromatic heterocycles. The highest BCUT2D eigenvalue weighted by Crippen LogP contribution is 2.18. The first kappa shape index (κ1) is 17.2. The number of nitrogens with one attached hydrogen (secondary N) is 2. The quantitative estimate of drug-likeness (QED) is 0.699. The zero-order chi connectivity index (χ0) is 14.3. The van der Waals surface area contributed by atoms with Crippen LogP contribution in [0.5, 0.6) is 0 Å². The summed E-state index contributed by atoms with van der Waals surface area (Å²) in [7, 11) is -1.41. The molecule has 2 unspecified atom stereocenters. The summed E-state index contributed by atoms with van der Waals surface area (Å²) in [6.07, 6.45) is 4.89. The van der Waals surface area contributed by atoms with Gasteiger partial charge in [-0.2, -0.15) is 29.2 Å². The Balaban J connectivity index is 2.60. The maximum Gasteiger partial charge on any atom is 0.279 e. The molecule has 1 saturated heterocycles. The lowest BCUT2D eigenvalue weighted by molar-refractivity contribution is 0.260. The summed E-state index contributed by atoms with van der Waals surface area (Å²) < 4.78 is 29.2.